The van der Waals surface area contributed by atoms with Gasteiger partial charge in [-0.3, -0.25) is 4.79 Å². The number of nitrogens with zero attached hydrogens (tertiary/aromatic N) is 3. The van der Waals surface area contributed by atoms with Gasteiger partial charge < -0.3 is 8.98 Å². The average Bonchev–Trinajstić information content (AvgIpc) is 3.24. The number of hydrogen-bond acceptors (Lipinski definition) is 5. The molecule has 6 heteroatoms. The maximum absolute atomic E-state index is 12.4. The number of Topliss-reactive ketones (excluding diaryl/α,β-unsaturated/α-hetero) is 1. The molecule has 0 unspecified atom stereocenters. The second kappa shape index (κ2) is 7.27. The summed E-state index contributed by atoms with van der Waals surface area (Å²) in [6, 6.07) is 11.6. The molecule has 0 radical (unpaired) electrons. The van der Waals surface area contributed by atoms with Crippen molar-refractivity contribution in [3.8, 4) is 0 Å². The van der Waals surface area contributed by atoms with Crippen molar-refractivity contribution in [2.24, 2.45) is 0 Å². The predicted octanol–water partition coefficient (Wildman–Crippen LogP) is 4.19. The number of hydrogen-bond donors (Lipinski definition) is 0. The molecule has 2 aromatic heterocycles. The summed E-state index contributed by atoms with van der Waals surface area (Å²) in [5.74, 6) is 1.23. The van der Waals surface area contributed by atoms with Gasteiger partial charge in [-0.15, -0.1) is 10.2 Å². The van der Waals surface area contributed by atoms with Crippen LogP contribution in [0.1, 0.15) is 42.5 Å². The van der Waals surface area contributed by atoms with Gasteiger partial charge in [0.25, 0.3) is 0 Å². The maximum Gasteiger partial charge on any atom is 0.191 e. The van der Waals surface area contributed by atoms with Crippen LogP contribution in [-0.4, -0.2) is 26.3 Å². The summed E-state index contributed by atoms with van der Waals surface area (Å²) < 4.78 is 7.22. The first-order valence-corrected chi connectivity index (χ1v) is 9.09. The van der Waals surface area contributed by atoms with Crippen LogP contribution in [0.25, 0.3) is 0 Å². The number of rotatable bonds is 6. The van der Waals surface area contributed by atoms with Crippen LogP contribution >= 0.6 is 11.8 Å². The number of benzene rings is 1. The van der Waals surface area contributed by atoms with Crippen molar-refractivity contribution in [1.82, 2.24) is 14.8 Å². The minimum atomic E-state index is 0.0815. The molecule has 0 aliphatic carbocycles. The Morgan fingerprint density at radius 1 is 1.20 bits per heavy atom. The number of furan rings is 1. The Morgan fingerprint density at radius 3 is 2.60 bits per heavy atom. The molecule has 1 aromatic carbocycles. The minimum absolute atomic E-state index is 0.0815. The number of ketones is 1. The molecule has 2 heterocycles. The number of aromatic nitrogens is 3. The molecule has 3 rings (SSSR count). The summed E-state index contributed by atoms with van der Waals surface area (Å²) in [5.41, 5.74) is 2.02. The molecule has 0 atom stereocenters. The van der Waals surface area contributed by atoms with Gasteiger partial charge in [-0.2, -0.15) is 0 Å². The molecule has 25 heavy (non-hydrogen) atoms. The van der Waals surface area contributed by atoms with Crippen LogP contribution in [0.2, 0.25) is 0 Å². The predicted molar refractivity (Wildman–Crippen MR) is 98.0 cm³/mol. The van der Waals surface area contributed by atoms with Crippen LogP contribution in [0, 0.1) is 0 Å². The van der Waals surface area contributed by atoms with Crippen molar-refractivity contribution < 1.29 is 9.21 Å². The lowest BCUT2D eigenvalue weighted by atomic mass is 9.86. The fourth-order valence-corrected chi connectivity index (χ4v) is 3.21. The summed E-state index contributed by atoms with van der Waals surface area (Å²) in [5, 5.41) is 8.73. The third-order valence-corrected chi connectivity index (χ3v) is 4.87. The standard InChI is InChI=1S/C19H21N3O2S/c1-19(2,3)15-8-6-14(7-9-15)17(23)12-25-18-21-20-13-22(18)11-16-5-4-10-24-16/h4-10,13H,11-12H2,1-3H3. The van der Waals surface area contributed by atoms with Crippen LogP contribution in [0.5, 0.6) is 0 Å². The van der Waals surface area contributed by atoms with Gasteiger partial charge in [0.2, 0.25) is 0 Å². The third kappa shape index (κ3) is 4.39. The molecule has 0 aliphatic rings. The van der Waals surface area contributed by atoms with Crippen molar-refractivity contribution in [2.45, 2.75) is 37.9 Å². The Hall–Kier alpha value is -2.34. The minimum Gasteiger partial charge on any atom is -0.467 e. The Labute approximate surface area is 151 Å². The lowest BCUT2D eigenvalue weighted by Crippen LogP contribution is -2.11. The zero-order valence-corrected chi connectivity index (χ0v) is 15.4. The van der Waals surface area contributed by atoms with Crippen LogP contribution in [0.4, 0.5) is 0 Å². The zero-order valence-electron chi connectivity index (χ0n) is 14.6. The van der Waals surface area contributed by atoms with Gasteiger partial charge in [-0.25, -0.2) is 0 Å². The molecule has 0 saturated carbocycles. The molecule has 130 valence electrons. The van der Waals surface area contributed by atoms with E-state index in [0.29, 0.717) is 17.5 Å². The molecule has 0 aliphatic heterocycles. The van der Waals surface area contributed by atoms with Gasteiger partial charge in [0.05, 0.1) is 18.6 Å². The maximum atomic E-state index is 12.4. The van der Waals surface area contributed by atoms with E-state index in [4.69, 9.17) is 4.42 Å². The van der Waals surface area contributed by atoms with E-state index in [1.807, 2.05) is 41.0 Å². The van der Waals surface area contributed by atoms with Gasteiger partial charge in [0.1, 0.15) is 12.1 Å². The summed E-state index contributed by atoms with van der Waals surface area (Å²) in [7, 11) is 0. The average molecular weight is 355 g/mol. The summed E-state index contributed by atoms with van der Waals surface area (Å²) in [6.45, 7) is 7.03. The first-order valence-electron chi connectivity index (χ1n) is 8.10. The Balaban J connectivity index is 1.62. The molecule has 0 spiro atoms. The highest BCUT2D eigenvalue weighted by Crippen LogP contribution is 2.23. The number of carbonyl (C=O) groups excluding carboxylic acids is 1. The van der Waals surface area contributed by atoms with E-state index in [1.165, 1.54) is 17.3 Å². The first kappa shape index (κ1) is 17.5. The summed E-state index contributed by atoms with van der Waals surface area (Å²) >= 11 is 1.39. The third-order valence-electron chi connectivity index (χ3n) is 3.89. The van der Waals surface area contributed by atoms with Crippen LogP contribution < -0.4 is 0 Å². The Bertz CT molecular complexity index is 830. The van der Waals surface area contributed by atoms with Crippen molar-refractivity contribution in [1.29, 1.82) is 0 Å². The zero-order chi connectivity index (χ0) is 17.9. The van der Waals surface area contributed by atoms with Gasteiger partial charge in [0.15, 0.2) is 10.9 Å². The van der Waals surface area contributed by atoms with E-state index in [2.05, 4.69) is 31.0 Å². The molecule has 0 saturated heterocycles. The van der Waals surface area contributed by atoms with Gasteiger partial charge in [-0.05, 0) is 23.1 Å². The second-order valence-corrected chi connectivity index (χ2v) is 7.80. The smallest absolute Gasteiger partial charge is 0.191 e. The lowest BCUT2D eigenvalue weighted by Gasteiger charge is -2.18. The number of thioether (sulfide) groups is 1. The first-order chi connectivity index (χ1) is 11.9. The van der Waals surface area contributed by atoms with Crippen molar-refractivity contribution in [3.05, 3.63) is 65.9 Å². The van der Waals surface area contributed by atoms with Gasteiger partial charge >= 0.3 is 0 Å². The van der Waals surface area contributed by atoms with E-state index in [1.54, 1.807) is 12.6 Å². The highest BCUT2D eigenvalue weighted by atomic mass is 32.2. The van der Waals surface area contributed by atoms with Crippen molar-refractivity contribution in [3.63, 3.8) is 0 Å². The lowest BCUT2D eigenvalue weighted by molar-refractivity contribution is 0.102. The van der Waals surface area contributed by atoms with Gasteiger partial charge in [-0.1, -0.05) is 56.8 Å². The largest absolute Gasteiger partial charge is 0.467 e. The highest BCUT2D eigenvalue weighted by molar-refractivity contribution is 7.99. The molecule has 0 fully saturated rings. The normalized spacial score (nSPS) is 11.6. The van der Waals surface area contributed by atoms with Crippen LogP contribution in [-0.2, 0) is 12.0 Å². The van der Waals surface area contributed by atoms with E-state index < -0.39 is 0 Å². The van der Waals surface area contributed by atoms with Crippen molar-refractivity contribution in [2.75, 3.05) is 5.75 Å². The molecule has 0 bridgehead atoms. The fraction of sp³-hybridized carbons (Fsp3) is 0.316. The Morgan fingerprint density at radius 2 is 1.96 bits per heavy atom. The second-order valence-electron chi connectivity index (χ2n) is 6.86. The number of carbonyl (C=O) groups is 1. The van der Waals surface area contributed by atoms with Crippen LogP contribution in [0.15, 0.2) is 58.6 Å². The summed E-state index contributed by atoms with van der Waals surface area (Å²) in [4.78, 5) is 12.4. The molecule has 0 amide bonds. The van der Waals surface area contributed by atoms with E-state index in [-0.39, 0.29) is 11.2 Å². The van der Waals surface area contributed by atoms with E-state index in [0.717, 1.165) is 11.3 Å². The van der Waals surface area contributed by atoms with Crippen LogP contribution in [0.3, 0.4) is 0 Å². The fourth-order valence-electron chi connectivity index (χ4n) is 2.40. The van der Waals surface area contributed by atoms with E-state index >= 15 is 0 Å². The monoisotopic (exact) mass is 355 g/mol. The SMILES string of the molecule is CC(C)(C)c1ccc(C(=O)CSc2nncn2Cc2ccco2)cc1. The molecular weight excluding hydrogens is 334 g/mol. The van der Waals surface area contributed by atoms with Gasteiger partial charge in [0, 0.05) is 5.56 Å². The quantitative estimate of drug-likeness (QED) is 0.490. The molecular formula is C19H21N3O2S. The van der Waals surface area contributed by atoms with Crippen molar-refractivity contribution >= 4 is 17.5 Å². The van der Waals surface area contributed by atoms with E-state index in [9.17, 15) is 4.79 Å². The summed E-state index contributed by atoms with van der Waals surface area (Å²) in [6.07, 6.45) is 3.28. The topological polar surface area (TPSA) is 60.9 Å². The molecule has 3 aromatic rings. The Kier molecular flexibility index (Phi) is 5.08. The molecule has 0 N–H and O–H groups in total. The molecule has 5 nitrogen and oxygen atoms in total. The highest BCUT2D eigenvalue weighted by Gasteiger charge is 2.15.